The molecule has 6 nitrogen and oxygen atoms in total. The fourth-order valence-corrected chi connectivity index (χ4v) is 2.51. The molecule has 0 saturated carbocycles. The lowest BCUT2D eigenvalue weighted by Gasteiger charge is -2.09. The van der Waals surface area contributed by atoms with Crippen molar-refractivity contribution in [2.75, 3.05) is 5.32 Å². The number of nitrogens with one attached hydrogen (secondary N) is 2. The van der Waals surface area contributed by atoms with E-state index >= 15 is 0 Å². The van der Waals surface area contributed by atoms with E-state index in [1.54, 1.807) is 24.4 Å². The van der Waals surface area contributed by atoms with Crippen LogP contribution in [-0.2, 0) is 6.54 Å². The van der Waals surface area contributed by atoms with Gasteiger partial charge in [-0.05, 0) is 24.3 Å². The molecule has 0 atom stereocenters. The molecular formula is C17H13Cl2N5O. The average molecular weight is 374 g/mol. The lowest BCUT2D eigenvalue weighted by molar-refractivity contribution is 0.0949. The first-order valence-electron chi connectivity index (χ1n) is 7.34. The molecule has 1 amide bonds. The van der Waals surface area contributed by atoms with E-state index in [2.05, 4.69) is 25.6 Å². The van der Waals surface area contributed by atoms with Crippen LogP contribution in [-0.4, -0.2) is 20.9 Å². The fourth-order valence-electron chi connectivity index (χ4n) is 2.01. The highest BCUT2D eigenvalue weighted by atomic mass is 35.5. The first-order valence-corrected chi connectivity index (χ1v) is 8.10. The molecule has 3 aromatic rings. The molecule has 1 aromatic carbocycles. The number of hydrogen-bond donors (Lipinski definition) is 2. The number of rotatable bonds is 5. The van der Waals surface area contributed by atoms with Crippen LogP contribution in [0.5, 0.6) is 0 Å². The lowest BCUT2D eigenvalue weighted by Crippen LogP contribution is -2.23. The first-order chi connectivity index (χ1) is 12.1. The molecule has 25 heavy (non-hydrogen) atoms. The number of pyridine rings is 1. The standard InChI is InChI=1S/C17H13Cl2N5O/c18-13-5-3-6-14(19)15(13)24-17-22-8-11(9-23-17)16(25)21-10-12-4-1-2-7-20-12/h1-9H,10H2,(H,21,25)(H,22,23,24). The summed E-state index contributed by atoms with van der Waals surface area (Å²) in [4.78, 5) is 24.5. The summed E-state index contributed by atoms with van der Waals surface area (Å²) in [5.74, 6) is 0.00394. The van der Waals surface area contributed by atoms with Crippen molar-refractivity contribution < 1.29 is 4.79 Å². The molecule has 2 heterocycles. The van der Waals surface area contributed by atoms with Gasteiger partial charge < -0.3 is 10.6 Å². The highest BCUT2D eigenvalue weighted by Gasteiger charge is 2.10. The number of anilines is 2. The molecule has 0 aliphatic carbocycles. The van der Waals surface area contributed by atoms with Crippen LogP contribution in [0.15, 0.2) is 55.0 Å². The second-order valence-electron chi connectivity index (χ2n) is 5.02. The van der Waals surface area contributed by atoms with Crippen molar-refractivity contribution in [3.05, 3.63) is 76.3 Å². The minimum absolute atomic E-state index is 0.284. The van der Waals surface area contributed by atoms with Crippen LogP contribution in [0.3, 0.4) is 0 Å². The Hall–Kier alpha value is -2.70. The quantitative estimate of drug-likeness (QED) is 0.709. The molecule has 0 spiro atoms. The molecular weight excluding hydrogens is 361 g/mol. The van der Waals surface area contributed by atoms with Gasteiger partial charge in [0.25, 0.3) is 5.91 Å². The highest BCUT2D eigenvalue weighted by molar-refractivity contribution is 6.39. The van der Waals surface area contributed by atoms with Crippen molar-refractivity contribution in [2.24, 2.45) is 0 Å². The van der Waals surface area contributed by atoms with Crippen molar-refractivity contribution in [3.8, 4) is 0 Å². The van der Waals surface area contributed by atoms with Gasteiger partial charge in [-0.15, -0.1) is 0 Å². The summed E-state index contributed by atoms with van der Waals surface area (Å²) in [5, 5.41) is 6.60. The zero-order valence-electron chi connectivity index (χ0n) is 12.9. The third kappa shape index (κ3) is 4.43. The highest BCUT2D eigenvalue weighted by Crippen LogP contribution is 2.31. The topological polar surface area (TPSA) is 79.8 Å². The second-order valence-corrected chi connectivity index (χ2v) is 5.84. The van der Waals surface area contributed by atoms with Gasteiger partial charge in [0.05, 0.1) is 33.5 Å². The van der Waals surface area contributed by atoms with Crippen LogP contribution in [0, 0.1) is 0 Å². The number of carbonyl (C=O) groups excluding carboxylic acids is 1. The van der Waals surface area contributed by atoms with Crippen LogP contribution < -0.4 is 10.6 Å². The maximum Gasteiger partial charge on any atom is 0.254 e. The fraction of sp³-hybridized carbons (Fsp3) is 0.0588. The van der Waals surface area contributed by atoms with Gasteiger partial charge in [-0.25, -0.2) is 9.97 Å². The minimum Gasteiger partial charge on any atom is -0.346 e. The summed E-state index contributed by atoms with van der Waals surface area (Å²) in [6, 6.07) is 10.7. The van der Waals surface area contributed by atoms with Crippen molar-refractivity contribution in [2.45, 2.75) is 6.54 Å². The molecule has 0 unspecified atom stereocenters. The zero-order valence-corrected chi connectivity index (χ0v) is 14.4. The lowest BCUT2D eigenvalue weighted by atomic mass is 10.3. The molecule has 0 radical (unpaired) electrons. The molecule has 0 saturated heterocycles. The Morgan fingerprint density at radius 2 is 1.68 bits per heavy atom. The Kier molecular flexibility index (Phi) is 5.42. The van der Waals surface area contributed by atoms with E-state index in [0.29, 0.717) is 27.8 Å². The van der Waals surface area contributed by atoms with Gasteiger partial charge in [-0.3, -0.25) is 9.78 Å². The van der Waals surface area contributed by atoms with Crippen molar-refractivity contribution in [1.82, 2.24) is 20.3 Å². The number of aromatic nitrogens is 3. The van der Waals surface area contributed by atoms with Crippen LogP contribution in [0.25, 0.3) is 0 Å². The first kappa shape index (κ1) is 17.1. The maximum atomic E-state index is 12.1. The number of amides is 1. The van der Waals surface area contributed by atoms with Crippen LogP contribution in [0.2, 0.25) is 10.0 Å². The summed E-state index contributed by atoms with van der Waals surface area (Å²) in [7, 11) is 0. The summed E-state index contributed by atoms with van der Waals surface area (Å²) in [6.07, 6.45) is 4.52. The van der Waals surface area contributed by atoms with Crippen molar-refractivity contribution in [1.29, 1.82) is 0 Å². The van der Waals surface area contributed by atoms with E-state index in [-0.39, 0.29) is 11.9 Å². The molecule has 2 aromatic heterocycles. The number of carbonyl (C=O) groups is 1. The third-order valence-electron chi connectivity index (χ3n) is 3.27. The van der Waals surface area contributed by atoms with E-state index in [1.807, 2.05) is 18.2 Å². The Bertz CT molecular complexity index is 852. The Balaban J connectivity index is 1.64. The zero-order chi connectivity index (χ0) is 17.6. The molecule has 0 aliphatic heterocycles. The molecule has 0 bridgehead atoms. The summed E-state index contributed by atoms with van der Waals surface area (Å²) in [5.41, 5.74) is 1.62. The van der Waals surface area contributed by atoms with Crippen LogP contribution in [0.1, 0.15) is 16.1 Å². The molecule has 3 rings (SSSR count). The normalized spacial score (nSPS) is 10.3. The smallest absolute Gasteiger partial charge is 0.254 e. The average Bonchev–Trinajstić information content (AvgIpc) is 2.64. The van der Waals surface area contributed by atoms with E-state index in [4.69, 9.17) is 23.2 Å². The van der Waals surface area contributed by atoms with Gasteiger partial charge in [-0.1, -0.05) is 35.3 Å². The van der Waals surface area contributed by atoms with E-state index in [1.165, 1.54) is 12.4 Å². The van der Waals surface area contributed by atoms with Gasteiger partial charge in [0, 0.05) is 18.6 Å². The van der Waals surface area contributed by atoms with Gasteiger partial charge in [0.2, 0.25) is 5.95 Å². The Labute approximate surface area is 154 Å². The third-order valence-corrected chi connectivity index (χ3v) is 3.90. The number of benzene rings is 1. The largest absolute Gasteiger partial charge is 0.346 e. The van der Waals surface area contributed by atoms with Gasteiger partial charge in [0.15, 0.2) is 0 Å². The molecule has 2 N–H and O–H groups in total. The van der Waals surface area contributed by atoms with Gasteiger partial charge >= 0.3 is 0 Å². The molecule has 0 aliphatic rings. The van der Waals surface area contributed by atoms with Crippen molar-refractivity contribution >= 4 is 40.7 Å². The summed E-state index contributed by atoms with van der Waals surface area (Å²) >= 11 is 12.2. The minimum atomic E-state index is -0.284. The number of halogens is 2. The van der Waals surface area contributed by atoms with E-state index < -0.39 is 0 Å². The monoisotopic (exact) mass is 373 g/mol. The molecule has 126 valence electrons. The van der Waals surface area contributed by atoms with E-state index in [9.17, 15) is 4.79 Å². The van der Waals surface area contributed by atoms with E-state index in [0.717, 1.165) is 5.69 Å². The van der Waals surface area contributed by atoms with Gasteiger partial charge in [-0.2, -0.15) is 0 Å². The number of para-hydroxylation sites is 1. The number of nitrogens with zero attached hydrogens (tertiary/aromatic N) is 3. The van der Waals surface area contributed by atoms with Crippen LogP contribution in [0.4, 0.5) is 11.6 Å². The van der Waals surface area contributed by atoms with Crippen LogP contribution >= 0.6 is 23.2 Å². The second kappa shape index (κ2) is 7.92. The predicted molar refractivity (Wildman–Crippen MR) is 97.2 cm³/mol. The summed E-state index contributed by atoms with van der Waals surface area (Å²) in [6.45, 7) is 0.328. The predicted octanol–water partition coefficient (Wildman–Crippen LogP) is 3.85. The number of hydrogen-bond acceptors (Lipinski definition) is 5. The Morgan fingerprint density at radius 3 is 2.32 bits per heavy atom. The van der Waals surface area contributed by atoms with Gasteiger partial charge in [0.1, 0.15) is 0 Å². The molecule has 0 fully saturated rings. The van der Waals surface area contributed by atoms with Crippen molar-refractivity contribution in [3.63, 3.8) is 0 Å². The Morgan fingerprint density at radius 1 is 0.960 bits per heavy atom. The SMILES string of the molecule is O=C(NCc1ccccn1)c1cnc(Nc2c(Cl)cccc2Cl)nc1. The maximum absolute atomic E-state index is 12.1. The molecule has 8 heteroatoms. The summed E-state index contributed by atoms with van der Waals surface area (Å²) < 4.78 is 0.